The molecule has 0 unspecified atom stereocenters. The van der Waals surface area contributed by atoms with E-state index in [2.05, 4.69) is 0 Å². The highest BCUT2D eigenvalue weighted by atomic mass is 127. The maximum Gasteiger partial charge on any atom is 0.339 e. The summed E-state index contributed by atoms with van der Waals surface area (Å²) in [7, 11) is -4.17. The molecule has 1 aliphatic rings. The van der Waals surface area contributed by atoms with Gasteiger partial charge in [-0.2, -0.15) is 8.42 Å². The molecule has 0 radical (unpaired) electrons. The minimum Gasteiger partial charge on any atom is -0.490 e. The van der Waals surface area contributed by atoms with Gasteiger partial charge >= 0.3 is 10.1 Å². The van der Waals surface area contributed by atoms with Gasteiger partial charge < -0.3 is 8.92 Å². The summed E-state index contributed by atoms with van der Waals surface area (Å²) in [6.07, 6.45) is 1.54. The molecule has 198 valence electrons. The van der Waals surface area contributed by atoms with Crippen molar-refractivity contribution in [3.05, 3.63) is 89.3 Å². The molecule has 0 spiro atoms. The zero-order valence-electron chi connectivity index (χ0n) is 19.4. The minimum atomic E-state index is -4.17. The lowest BCUT2D eigenvalue weighted by molar-refractivity contribution is -0.123. The van der Waals surface area contributed by atoms with E-state index in [0.717, 1.165) is 16.7 Å². The quantitative estimate of drug-likeness (QED) is 0.134. The van der Waals surface area contributed by atoms with Gasteiger partial charge in [0.1, 0.15) is 4.90 Å². The van der Waals surface area contributed by atoms with Gasteiger partial charge in [0.15, 0.2) is 11.5 Å². The fourth-order valence-electron chi connectivity index (χ4n) is 3.38. The number of nitrogens with zero attached hydrogens (tertiary/aromatic N) is 1. The van der Waals surface area contributed by atoms with E-state index in [1.54, 1.807) is 43.3 Å². The Labute approximate surface area is 252 Å². The molecule has 3 aromatic rings. The van der Waals surface area contributed by atoms with Gasteiger partial charge in [-0.15, -0.1) is 0 Å². The van der Waals surface area contributed by atoms with Gasteiger partial charge in [-0.3, -0.25) is 14.5 Å². The highest BCUT2D eigenvalue weighted by Crippen LogP contribution is 2.39. The van der Waals surface area contributed by atoms with Crippen LogP contribution in [0.5, 0.6) is 11.5 Å². The van der Waals surface area contributed by atoms with E-state index < -0.39 is 21.3 Å². The van der Waals surface area contributed by atoms with Crippen LogP contribution in [0.25, 0.3) is 6.08 Å². The predicted molar refractivity (Wildman–Crippen MR) is 158 cm³/mol. The molecule has 0 saturated carbocycles. The average Bonchev–Trinajstić information content (AvgIpc) is 3.11. The number of carbonyl (C=O) groups is 2. The Balaban J connectivity index is 1.61. The smallest absolute Gasteiger partial charge is 0.339 e. The molecule has 1 fully saturated rings. The molecule has 13 heteroatoms. The monoisotopic (exact) mass is 723 g/mol. The molecule has 38 heavy (non-hydrogen) atoms. The molecule has 2 amide bonds. The first-order chi connectivity index (χ1) is 18.0. The van der Waals surface area contributed by atoms with Crippen LogP contribution in [-0.4, -0.2) is 31.1 Å². The third kappa shape index (κ3) is 6.60. The van der Waals surface area contributed by atoms with Crippen LogP contribution in [0.1, 0.15) is 18.1 Å². The molecule has 7 nitrogen and oxygen atoms in total. The number of carbonyl (C=O) groups excluding carboxylic acids is 2. The van der Waals surface area contributed by atoms with Crippen molar-refractivity contribution in [2.45, 2.75) is 18.4 Å². The van der Waals surface area contributed by atoms with Crippen molar-refractivity contribution in [1.82, 2.24) is 4.90 Å². The summed E-state index contributed by atoms with van der Waals surface area (Å²) in [6.45, 7) is 2.01. The third-order valence-corrected chi connectivity index (χ3v) is 9.06. The van der Waals surface area contributed by atoms with Crippen LogP contribution in [0.15, 0.2) is 64.4 Å². The van der Waals surface area contributed by atoms with Gasteiger partial charge in [-0.25, -0.2) is 0 Å². The van der Waals surface area contributed by atoms with Crippen LogP contribution < -0.4 is 8.92 Å². The lowest BCUT2D eigenvalue weighted by Gasteiger charge is -2.15. The highest BCUT2D eigenvalue weighted by Gasteiger charge is 2.35. The number of imide groups is 1. The molecule has 0 atom stereocenters. The van der Waals surface area contributed by atoms with Crippen molar-refractivity contribution in [2.24, 2.45) is 0 Å². The molecule has 0 aliphatic carbocycles. The average molecular weight is 725 g/mol. The maximum absolute atomic E-state index is 13.0. The van der Waals surface area contributed by atoms with Crippen LogP contribution in [0, 0.1) is 3.57 Å². The first-order valence-corrected chi connectivity index (χ1v) is 15.3. The first-order valence-electron chi connectivity index (χ1n) is 10.8. The molecule has 0 N–H and O–H groups in total. The van der Waals surface area contributed by atoms with Crippen molar-refractivity contribution >= 4 is 96.5 Å². The Kier molecular flexibility index (Phi) is 9.21. The normalized spacial score (nSPS) is 14.9. The number of rotatable bonds is 8. The summed E-state index contributed by atoms with van der Waals surface area (Å²) in [5.41, 5.74) is 1.17. The molecule has 0 aromatic heterocycles. The van der Waals surface area contributed by atoms with Crippen molar-refractivity contribution < 1.29 is 26.9 Å². The van der Waals surface area contributed by atoms with Crippen LogP contribution in [0.3, 0.4) is 0 Å². The summed E-state index contributed by atoms with van der Waals surface area (Å²) in [6, 6.07) is 13.6. The fourth-order valence-corrected chi connectivity index (χ4v) is 6.51. The van der Waals surface area contributed by atoms with E-state index in [1.165, 1.54) is 24.3 Å². The van der Waals surface area contributed by atoms with E-state index in [1.807, 2.05) is 22.6 Å². The standard InChI is InChI=1S/C25H17Cl3INO6S2/c1-2-35-21-11-15(10-20(29)23(21)36-38(33,34)17-6-4-16(26)5-7-17)12-22-24(31)30(25(32)37-22)13-14-3-8-18(27)19(28)9-14/h3-12H,2,13H2,1H3/b22-12-. The van der Waals surface area contributed by atoms with Crippen LogP contribution in [0.2, 0.25) is 15.1 Å². The lowest BCUT2D eigenvalue weighted by Crippen LogP contribution is -2.27. The van der Waals surface area contributed by atoms with Gasteiger partial charge in [0.25, 0.3) is 11.1 Å². The topological polar surface area (TPSA) is 90.0 Å². The van der Waals surface area contributed by atoms with E-state index in [0.29, 0.717) is 29.8 Å². The van der Waals surface area contributed by atoms with Gasteiger partial charge in [0.2, 0.25) is 0 Å². The Morgan fingerprint density at radius 3 is 2.37 bits per heavy atom. The van der Waals surface area contributed by atoms with Crippen molar-refractivity contribution in [3.8, 4) is 11.5 Å². The number of halogens is 4. The van der Waals surface area contributed by atoms with E-state index in [4.69, 9.17) is 43.7 Å². The minimum absolute atomic E-state index is 0.00673. The number of hydrogen-bond acceptors (Lipinski definition) is 7. The lowest BCUT2D eigenvalue weighted by atomic mass is 10.1. The Morgan fingerprint density at radius 1 is 1.00 bits per heavy atom. The van der Waals surface area contributed by atoms with Crippen LogP contribution >= 0.6 is 69.2 Å². The van der Waals surface area contributed by atoms with Crippen molar-refractivity contribution in [1.29, 1.82) is 0 Å². The van der Waals surface area contributed by atoms with Gasteiger partial charge in [0.05, 0.1) is 31.7 Å². The Hall–Kier alpha value is -1.96. The van der Waals surface area contributed by atoms with Crippen LogP contribution in [-0.2, 0) is 21.5 Å². The maximum atomic E-state index is 13.0. The van der Waals surface area contributed by atoms with E-state index in [-0.39, 0.29) is 34.5 Å². The molecule has 0 bridgehead atoms. The molecular weight excluding hydrogens is 708 g/mol. The van der Waals surface area contributed by atoms with Crippen LogP contribution in [0.4, 0.5) is 4.79 Å². The fraction of sp³-hybridized carbons (Fsp3) is 0.120. The number of ether oxygens (including phenoxy) is 1. The highest BCUT2D eigenvalue weighted by molar-refractivity contribution is 14.1. The zero-order chi connectivity index (χ0) is 27.6. The zero-order valence-corrected chi connectivity index (χ0v) is 25.5. The molecule has 1 saturated heterocycles. The molecule has 3 aromatic carbocycles. The predicted octanol–water partition coefficient (Wildman–Crippen LogP) is 7.65. The number of hydrogen-bond donors (Lipinski definition) is 0. The summed E-state index contributed by atoms with van der Waals surface area (Å²) in [5, 5.41) is 0.656. The number of benzene rings is 3. The molecule has 4 rings (SSSR count). The van der Waals surface area contributed by atoms with Crippen molar-refractivity contribution in [3.63, 3.8) is 0 Å². The Morgan fingerprint density at radius 2 is 1.71 bits per heavy atom. The second-order valence-corrected chi connectivity index (χ2v) is 12.7. The van der Waals surface area contributed by atoms with E-state index in [9.17, 15) is 18.0 Å². The Bertz CT molecular complexity index is 1560. The molecule has 1 heterocycles. The summed E-state index contributed by atoms with van der Waals surface area (Å²) < 4.78 is 37.2. The van der Waals surface area contributed by atoms with Gasteiger partial charge in [-0.1, -0.05) is 40.9 Å². The molecular formula is C25H17Cl3INO6S2. The summed E-state index contributed by atoms with van der Waals surface area (Å²) >= 11 is 20.6. The molecule has 1 aliphatic heterocycles. The SMILES string of the molecule is CCOc1cc(/C=C2\SC(=O)N(Cc3ccc(Cl)c(Cl)c3)C2=O)cc(I)c1OS(=O)(=O)c1ccc(Cl)cc1. The number of amides is 2. The van der Waals surface area contributed by atoms with Crippen molar-refractivity contribution in [2.75, 3.05) is 6.61 Å². The second kappa shape index (κ2) is 12.1. The summed E-state index contributed by atoms with van der Waals surface area (Å²) in [4.78, 5) is 26.9. The number of thioether (sulfide) groups is 1. The van der Waals surface area contributed by atoms with E-state index >= 15 is 0 Å². The largest absolute Gasteiger partial charge is 0.490 e. The first kappa shape index (κ1) is 29.0. The third-order valence-electron chi connectivity index (χ3n) is 5.12. The summed E-state index contributed by atoms with van der Waals surface area (Å²) in [5.74, 6) is -0.296. The second-order valence-electron chi connectivity index (χ2n) is 7.77. The van der Waals surface area contributed by atoms with Gasteiger partial charge in [-0.05, 0) is 107 Å². The van der Waals surface area contributed by atoms with Gasteiger partial charge in [0, 0.05) is 5.02 Å².